The number of ether oxygens (including phenoxy) is 2. The SMILES string of the molecule is CCCCCOCC(O)COCC(F)(F)C(F)(F)C(F)(F)C(F)(F)C(F)(F)C(F)(F)C(F)(F)F. The molecule has 1 atom stereocenters. The van der Waals surface area contributed by atoms with Crippen LogP contribution >= 0.6 is 0 Å². The second-order valence-electron chi connectivity index (χ2n) is 7.03. The molecule has 0 spiro atoms. The summed E-state index contributed by atoms with van der Waals surface area (Å²) < 4.78 is 204. The topological polar surface area (TPSA) is 38.7 Å². The Morgan fingerprint density at radius 3 is 1.44 bits per heavy atom. The average Bonchev–Trinajstić information content (AvgIpc) is 2.65. The summed E-state index contributed by atoms with van der Waals surface area (Å²) in [6, 6.07) is 0. The first-order valence-electron chi connectivity index (χ1n) is 9.12. The van der Waals surface area contributed by atoms with Crippen LogP contribution in [0.5, 0.6) is 0 Å². The number of alkyl halides is 15. The molecule has 0 aliphatic rings. The minimum Gasteiger partial charge on any atom is -0.388 e. The lowest BCUT2D eigenvalue weighted by Crippen LogP contribution is -2.73. The number of halogens is 15. The number of hydrogen-bond acceptors (Lipinski definition) is 3. The van der Waals surface area contributed by atoms with Crippen LogP contribution in [0.15, 0.2) is 0 Å². The summed E-state index contributed by atoms with van der Waals surface area (Å²) in [5.74, 6) is -46.9. The zero-order chi connectivity index (χ0) is 27.4. The van der Waals surface area contributed by atoms with E-state index in [4.69, 9.17) is 4.74 Å². The number of hydrogen-bond donors (Lipinski definition) is 1. The van der Waals surface area contributed by atoms with Crippen molar-refractivity contribution < 1.29 is 80.4 Å². The van der Waals surface area contributed by atoms with Crippen molar-refractivity contribution in [1.82, 2.24) is 0 Å². The van der Waals surface area contributed by atoms with E-state index in [1.54, 1.807) is 0 Å². The third-order valence-electron chi connectivity index (χ3n) is 4.19. The molecular weight excluding hydrogens is 525 g/mol. The lowest BCUT2D eigenvalue weighted by molar-refractivity contribution is -0.453. The van der Waals surface area contributed by atoms with Crippen molar-refractivity contribution in [3.8, 4) is 0 Å². The zero-order valence-corrected chi connectivity index (χ0v) is 17.0. The normalized spacial score (nSPS) is 16.1. The van der Waals surface area contributed by atoms with Gasteiger partial charge in [0.15, 0.2) is 0 Å². The van der Waals surface area contributed by atoms with Gasteiger partial charge in [-0.05, 0) is 6.42 Å². The summed E-state index contributed by atoms with van der Waals surface area (Å²) in [5, 5.41) is 9.33. The average molecular weight is 544 g/mol. The summed E-state index contributed by atoms with van der Waals surface area (Å²) in [6.45, 7) is -3.06. The summed E-state index contributed by atoms with van der Waals surface area (Å²) in [7, 11) is 0. The quantitative estimate of drug-likeness (QED) is 0.205. The van der Waals surface area contributed by atoms with E-state index in [9.17, 15) is 71.0 Å². The molecule has 0 aromatic carbocycles. The highest BCUT2D eigenvalue weighted by Crippen LogP contribution is 2.62. The van der Waals surface area contributed by atoms with E-state index in [1.807, 2.05) is 6.92 Å². The third-order valence-corrected chi connectivity index (χ3v) is 4.19. The molecule has 0 amide bonds. The van der Waals surface area contributed by atoms with Crippen LogP contribution in [0.1, 0.15) is 26.2 Å². The van der Waals surface area contributed by atoms with E-state index in [1.165, 1.54) is 0 Å². The van der Waals surface area contributed by atoms with Crippen LogP contribution in [-0.2, 0) is 9.47 Å². The summed E-state index contributed by atoms with van der Waals surface area (Å²) in [5.41, 5.74) is 0. The predicted octanol–water partition coefficient (Wildman–Crippen LogP) is 5.94. The summed E-state index contributed by atoms with van der Waals surface area (Å²) in [4.78, 5) is 0. The third kappa shape index (κ3) is 6.14. The van der Waals surface area contributed by atoms with Crippen molar-refractivity contribution in [2.24, 2.45) is 0 Å². The Morgan fingerprint density at radius 1 is 0.588 bits per heavy atom. The highest BCUT2D eigenvalue weighted by molar-refractivity contribution is 5.13. The molecule has 1 unspecified atom stereocenters. The van der Waals surface area contributed by atoms with Crippen LogP contribution in [0.2, 0.25) is 0 Å². The molecular formula is C16H19F15O3. The minimum atomic E-state index is -8.34. The molecule has 34 heavy (non-hydrogen) atoms. The highest BCUT2D eigenvalue weighted by Gasteiger charge is 2.93. The van der Waals surface area contributed by atoms with Gasteiger partial charge in [-0.2, -0.15) is 65.9 Å². The van der Waals surface area contributed by atoms with E-state index in [-0.39, 0.29) is 6.61 Å². The van der Waals surface area contributed by atoms with Gasteiger partial charge in [0.25, 0.3) is 0 Å². The Morgan fingerprint density at radius 2 is 1.00 bits per heavy atom. The van der Waals surface area contributed by atoms with E-state index >= 15 is 0 Å². The molecule has 0 radical (unpaired) electrons. The van der Waals surface area contributed by atoms with Crippen molar-refractivity contribution in [2.75, 3.05) is 26.4 Å². The fourth-order valence-electron chi connectivity index (χ4n) is 2.13. The molecule has 1 N–H and O–H groups in total. The van der Waals surface area contributed by atoms with Crippen molar-refractivity contribution in [3.05, 3.63) is 0 Å². The lowest BCUT2D eigenvalue weighted by atomic mass is 9.91. The molecule has 0 saturated carbocycles. The van der Waals surface area contributed by atoms with Crippen LogP contribution in [0.3, 0.4) is 0 Å². The second-order valence-corrected chi connectivity index (χ2v) is 7.03. The van der Waals surface area contributed by atoms with Crippen LogP contribution in [0.4, 0.5) is 65.9 Å². The highest BCUT2D eigenvalue weighted by atomic mass is 19.4. The molecule has 0 fully saturated rings. The molecule has 0 bridgehead atoms. The number of aliphatic hydroxyl groups is 1. The van der Waals surface area contributed by atoms with Gasteiger partial charge in [0.2, 0.25) is 0 Å². The molecule has 0 aliphatic heterocycles. The summed E-state index contributed by atoms with van der Waals surface area (Å²) in [6.07, 6.45) is -7.52. The summed E-state index contributed by atoms with van der Waals surface area (Å²) >= 11 is 0. The van der Waals surface area contributed by atoms with Crippen LogP contribution in [0, 0.1) is 0 Å². The van der Waals surface area contributed by atoms with Gasteiger partial charge in [0.05, 0.1) is 13.2 Å². The van der Waals surface area contributed by atoms with Crippen molar-refractivity contribution in [1.29, 1.82) is 0 Å². The number of unbranched alkanes of at least 4 members (excludes halogenated alkanes) is 2. The largest absolute Gasteiger partial charge is 0.460 e. The van der Waals surface area contributed by atoms with Crippen LogP contribution in [0.25, 0.3) is 0 Å². The van der Waals surface area contributed by atoms with Gasteiger partial charge in [-0.25, -0.2) is 0 Å². The van der Waals surface area contributed by atoms with Crippen molar-refractivity contribution >= 4 is 0 Å². The first-order valence-corrected chi connectivity index (χ1v) is 9.12. The smallest absolute Gasteiger partial charge is 0.388 e. The number of rotatable bonds is 15. The van der Waals surface area contributed by atoms with Gasteiger partial charge >= 0.3 is 41.7 Å². The molecule has 0 aromatic heterocycles. The molecule has 206 valence electrons. The Balaban J connectivity index is 5.52. The maximum atomic E-state index is 13.5. The molecule has 0 aliphatic carbocycles. The number of aliphatic hydroxyl groups excluding tert-OH is 1. The van der Waals surface area contributed by atoms with Gasteiger partial charge in [0, 0.05) is 6.61 Å². The Labute approximate surface area is 182 Å². The monoisotopic (exact) mass is 544 g/mol. The molecule has 18 heteroatoms. The first kappa shape index (κ1) is 32.8. The van der Waals surface area contributed by atoms with E-state index in [0.29, 0.717) is 12.8 Å². The fourth-order valence-corrected chi connectivity index (χ4v) is 2.13. The van der Waals surface area contributed by atoms with Crippen LogP contribution < -0.4 is 0 Å². The van der Waals surface area contributed by atoms with Gasteiger partial charge in [0.1, 0.15) is 12.7 Å². The van der Waals surface area contributed by atoms with Gasteiger partial charge in [-0.1, -0.05) is 19.8 Å². The van der Waals surface area contributed by atoms with E-state index in [2.05, 4.69) is 4.74 Å². The minimum absolute atomic E-state index is 0.0528. The first-order chi connectivity index (χ1) is 15.0. The van der Waals surface area contributed by atoms with Gasteiger partial charge in [-0.3, -0.25) is 0 Å². The van der Waals surface area contributed by atoms with E-state index < -0.39 is 67.6 Å². The molecule has 0 heterocycles. The molecule has 3 nitrogen and oxygen atoms in total. The van der Waals surface area contributed by atoms with Gasteiger partial charge in [-0.15, -0.1) is 0 Å². The zero-order valence-electron chi connectivity index (χ0n) is 17.0. The second kappa shape index (κ2) is 10.8. The van der Waals surface area contributed by atoms with Gasteiger partial charge < -0.3 is 14.6 Å². The molecule has 0 aromatic rings. The maximum Gasteiger partial charge on any atom is 0.460 e. The van der Waals surface area contributed by atoms with Crippen molar-refractivity contribution in [2.45, 2.75) is 74.0 Å². The predicted molar refractivity (Wildman–Crippen MR) is 82.9 cm³/mol. The van der Waals surface area contributed by atoms with Crippen molar-refractivity contribution in [3.63, 3.8) is 0 Å². The van der Waals surface area contributed by atoms with E-state index in [0.717, 1.165) is 6.42 Å². The molecule has 0 saturated heterocycles. The van der Waals surface area contributed by atoms with Crippen LogP contribution in [-0.4, -0.2) is 79.3 Å². The fraction of sp³-hybridized carbons (Fsp3) is 1.00. The Hall–Kier alpha value is -1.17. The maximum absolute atomic E-state index is 13.5. The Bertz CT molecular complexity index is 634. The molecule has 0 rings (SSSR count). The lowest BCUT2D eigenvalue weighted by Gasteiger charge is -2.41. The standard InChI is InChI=1S/C16H19F15O3/c1-2-3-4-5-33-6-9(32)7-34-8-10(17,18)11(19,20)12(21,22)13(23,24)14(25,26)15(27,28)16(29,30)31/h9,32H,2-8H2,1H3. The Kier molecular flexibility index (Phi) is 10.5.